The lowest BCUT2D eigenvalue weighted by molar-refractivity contribution is 1.11. The van der Waals surface area contributed by atoms with Gasteiger partial charge in [-0.15, -0.1) is 6.58 Å². The Balaban J connectivity index is 2.62. The van der Waals surface area contributed by atoms with Gasteiger partial charge in [-0.1, -0.05) is 36.4 Å². The van der Waals surface area contributed by atoms with Crippen LogP contribution in [-0.2, 0) is 0 Å². The van der Waals surface area contributed by atoms with Crippen molar-refractivity contribution in [1.29, 1.82) is 10.5 Å². The summed E-state index contributed by atoms with van der Waals surface area (Å²) in [5, 5.41) is 21.1. The summed E-state index contributed by atoms with van der Waals surface area (Å²) in [5.41, 5.74) is 1.41. The van der Waals surface area contributed by atoms with Gasteiger partial charge >= 0.3 is 0 Å². The van der Waals surface area contributed by atoms with E-state index >= 15 is 0 Å². The van der Waals surface area contributed by atoms with E-state index < -0.39 is 0 Å². The molecule has 5 heteroatoms. The van der Waals surface area contributed by atoms with Gasteiger partial charge in [0.25, 0.3) is 0 Å². The molecular weight excluding hydrogens is 250 g/mol. The van der Waals surface area contributed by atoms with Gasteiger partial charge in [0.05, 0.1) is 0 Å². The molecule has 2 rings (SSSR count). The first kappa shape index (κ1) is 13.3. The molecule has 0 atom stereocenters. The van der Waals surface area contributed by atoms with Crippen LogP contribution in [0, 0.1) is 22.7 Å². The quantitative estimate of drug-likeness (QED) is 0.854. The van der Waals surface area contributed by atoms with E-state index in [1.807, 2.05) is 42.5 Å². The van der Waals surface area contributed by atoms with Crippen molar-refractivity contribution in [3.63, 3.8) is 0 Å². The van der Waals surface area contributed by atoms with E-state index in [1.54, 1.807) is 6.08 Å². The van der Waals surface area contributed by atoms with Gasteiger partial charge in [-0.2, -0.15) is 10.5 Å². The summed E-state index contributed by atoms with van der Waals surface area (Å²) in [6, 6.07) is 13.2. The maximum Gasteiger partial charge on any atom is 0.179 e. The second-order valence-corrected chi connectivity index (χ2v) is 3.88. The van der Waals surface area contributed by atoms with E-state index in [0.29, 0.717) is 18.1 Å². The molecule has 5 nitrogen and oxygen atoms in total. The molecule has 1 aromatic carbocycles. The molecule has 0 aliphatic heterocycles. The van der Waals surface area contributed by atoms with Crippen molar-refractivity contribution in [3.8, 4) is 23.4 Å². The Bertz CT molecular complexity index is 708. The van der Waals surface area contributed by atoms with E-state index in [2.05, 4.69) is 21.9 Å². The van der Waals surface area contributed by atoms with Crippen molar-refractivity contribution in [2.75, 3.05) is 11.9 Å². The molecule has 0 fully saturated rings. The number of nitrogens with one attached hydrogen (secondary N) is 1. The zero-order valence-corrected chi connectivity index (χ0v) is 10.7. The fourth-order valence-corrected chi connectivity index (χ4v) is 1.68. The topological polar surface area (TPSA) is 85.4 Å². The third-order valence-electron chi connectivity index (χ3n) is 2.57. The minimum atomic E-state index is 0.0127. The smallest absolute Gasteiger partial charge is 0.179 e. The Kier molecular flexibility index (Phi) is 4.06. The summed E-state index contributed by atoms with van der Waals surface area (Å²) in [5.74, 6) is 0.464. The highest BCUT2D eigenvalue weighted by Gasteiger charge is 2.14. The molecule has 0 saturated heterocycles. The number of rotatable bonds is 4. The lowest BCUT2D eigenvalue weighted by Gasteiger charge is -2.10. The number of anilines is 1. The molecule has 0 unspecified atom stereocenters. The molecular formula is C15H11N5. The molecule has 0 amide bonds. The summed E-state index contributed by atoms with van der Waals surface area (Å²) >= 11 is 0. The molecule has 96 valence electrons. The van der Waals surface area contributed by atoms with Crippen LogP contribution in [-0.4, -0.2) is 16.5 Å². The van der Waals surface area contributed by atoms with Crippen molar-refractivity contribution < 1.29 is 0 Å². The molecule has 0 radical (unpaired) electrons. The van der Waals surface area contributed by atoms with E-state index in [1.165, 1.54) is 0 Å². The van der Waals surface area contributed by atoms with Crippen molar-refractivity contribution in [3.05, 3.63) is 54.4 Å². The van der Waals surface area contributed by atoms with Crippen molar-refractivity contribution in [1.82, 2.24) is 9.97 Å². The lowest BCUT2D eigenvalue weighted by Crippen LogP contribution is -2.07. The Hall–Kier alpha value is -3.18. The maximum absolute atomic E-state index is 9.05. The Morgan fingerprint density at radius 3 is 2.35 bits per heavy atom. The molecule has 1 N–H and O–H groups in total. The second kappa shape index (κ2) is 6.12. The minimum Gasteiger partial charge on any atom is -0.365 e. The number of hydrogen-bond acceptors (Lipinski definition) is 5. The molecule has 1 aromatic heterocycles. The first-order valence-electron chi connectivity index (χ1n) is 5.92. The standard InChI is InChI=1S/C15H11N5/c1-2-8-18-15-14(11-6-4-3-5-7-11)19-12(9-16)13(10-17)20-15/h2-7H,1,8H2,(H,18,20). The second-order valence-electron chi connectivity index (χ2n) is 3.88. The van der Waals surface area contributed by atoms with Crippen LogP contribution in [0.3, 0.4) is 0 Å². The highest BCUT2D eigenvalue weighted by atomic mass is 15.0. The Morgan fingerprint density at radius 2 is 1.75 bits per heavy atom. The first-order valence-corrected chi connectivity index (χ1v) is 5.92. The normalized spacial score (nSPS) is 9.30. The fraction of sp³-hybridized carbons (Fsp3) is 0.0667. The highest BCUT2D eigenvalue weighted by molar-refractivity contribution is 5.72. The predicted molar refractivity (Wildman–Crippen MR) is 75.6 cm³/mol. The maximum atomic E-state index is 9.05. The SMILES string of the molecule is C=CCNc1nc(C#N)c(C#N)nc1-c1ccccc1. The molecule has 0 bridgehead atoms. The third kappa shape index (κ3) is 2.63. The number of nitrogens with zero attached hydrogens (tertiary/aromatic N) is 4. The van der Waals surface area contributed by atoms with Gasteiger partial charge in [0.15, 0.2) is 17.2 Å². The van der Waals surface area contributed by atoms with Crippen LogP contribution in [0.4, 0.5) is 5.82 Å². The van der Waals surface area contributed by atoms with Gasteiger partial charge in [0.1, 0.15) is 17.8 Å². The average molecular weight is 261 g/mol. The van der Waals surface area contributed by atoms with Crippen LogP contribution in [0.5, 0.6) is 0 Å². The van der Waals surface area contributed by atoms with Gasteiger partial charge in [0.2, 0.25) is 0 Å². The van der Waals surface area contributed by atoms with Crippen LogP contribution < -0.4 is 5.32 Å². The lowest BCUT2D eigenvalue weighted by atomic mass is 10.1. The predicted octanol–water partition coefficient (Wildman–Crippen LogP) is 2.48. The Morgan fingerprint density at radius 1 is 1.10 bits per heavy atom. The summed E-state index contributed by atoms with van der Waals surface area (Å²) < 4.78 is 0. The molecule has 0 aliphatic carbocycles. The van der Waals surface area contributed by atoms with E-state index in [9.17, 15) is 0 Å². The van der Waals surface area contributed by atoms with Gasteiger partial charge in [0, 0.05) is 12.1 Å². The molecule has 1 heterocycles. The zero-order chi connectivity index (χ0) is 14.4. The van der Waals surface area contributed by atoms with Gasteiger partial charge in [-0.3, -0.25) is 0 Å². The van der Waals surface area contributed by atoms with Crippen LogP contribution in [0.25, 0.3) is 11.3 Å². The molecule has 0 saturated carbocycles. The monoisotopic (exact) mass is 261 g/mol. The summed E-state index contributed by atoms with van der Waals surface area (Å²) in [7, 11) is 0. The van der Waals surface area contributed by atoms with Gasteiger partial charge < -0.3 is 5.32 Å². The number of aromatic nitrogens is 2. The van der Waals surface area contributed by atoms with Crippen LogP contribution >= 0.6 is 0 Å². The number of nitriles is 2. The van der Waals surface area contributed by atoms with Crippen molar-refractivity contribution in [2.45, 2.75) is 0 Å². The van der Waals surface area contributed by atoms with Gasteiger partial charge in [-0.05, 0) is 0 Å². The minimum absolute atomic E-state index is 0.0127. The first-order chi connectivity index (χ1) is 9.80. The summed E-state index contributed by atoms with van der Waals surface area (Å²) in [6.07, 6.45) is 1.68. The molecule has 0 spiro atoms. The Labute approximate surface area is 116 Å². The van der Waals surface area contributed by atoms with Crippen LogP contribution in [0.2, 0.25) is 0 Å². The highest BCUT2D eigenvalue weighted by Crippen LogP contribution is 2.25. The zero-order valence-electron chi connectivity index (χ0n) is 10.7. The molecule has 20 heavy (non-hydrogen) atoms. The molecule has 2 aromatic rings. The summed E-state index contributed by atoms with van der Waals surface area (Å²) in [4.78, 5) is 8.41. The molecule has 0 aliphatic rings. The number of hydrogen-bond donors (Lipinski definition) is 1. The average Bonchev–Trinajstić information content (AvgIpc) is 2.52. The number of benzene rings is 1. The van der Waals surface area contributed by atoms with Crippen molar-refractivity contribution >= 4 is 5.82 Å². The van der Waals surface area contributed by atoms with E-state index in [-0.39, 0.29) is 11.4 Å². The largest absolute Gasteiger partial charge is 0.365 e. The van der Waals surface area contributed by atoms with Crippen LogP contribution in [0.15, 0.2) is 43.0 Å². The third-order valence-corrected chi connectivity index (χ3v) is 2.57. The summed E-state index contributed by atoms with van der Waals surface area (Å²) in [6.45, 7) is 4.12. The fourth-order valence-electron chi connectivity index (χ4n) is 1.68. The van der Waals surface area contributed by atoms with Crippen LogP contribution in [0.1, 0.15) is 11.4 Å². The van der Waals surface area contributed by atoms with Gasteiger partial charge in [-0.25, -0.2) is 9.97 Å². The van der Waals surface area contributed by atoms with E-state index in [4.69, 9.17) is 10.5 Å². The van der Waals surface area contributed by atoms with Crippen molar-refractivity contribution in [2.24, 2.45) is 0 Å². The van der Waals surface area contributed by atoms with E-state index in [0.717, 1.165) is 5.56 Å².